The molecule has 1 N–H and O–H groups in total. The first kappa shape index (κ1) is 15.1. The van der Waals surface area contributed by atoms with Crippen LogP contribution in [0.25, 0.3) is 0 Å². The van der Waals surface area contributed by atoms with Gasteiger partial charge in [-0.1, -0.05) is 12.1 Å². The lowest BCUT2D eigenvalue weighted by Crippen LogP contribution is -2.45. The standard InChI is InChI=1S/C16H17N3O4/c1-11-6-7-15(20)19(18-11)9-8-17-16(21)14-10-22-12-4-2-3-5-13(12)23-14/h2-7,14H,8-10H2,1H3,(H,17,21). The predicted molar refractivity (Wildman–Crippen MR) is 82.6 cm³/mol. The van der Waals surface area contributed by atoms with Crippen molar-refractivity contribution < 1.29 is 14.3 Å². The van der Waals surface area contributed by atoms with Crippen LogP contribution in [-0.4, -0.2) is 34.9 Å². The molecule has 1 atom stereocenters. The Morgan fingerprint density at radius 2 is 2.09 bits per heavy atom. The third-order valence-corrected chi connectivity index (χ3v) is 3.42. The molecule has 1 aromatic carbocycles. The molecule has 2 heterocycles. The summed E-state index contributed by atoms with van der Waals surface area (Å²) in [5, 5.41) is 6.84. The Balaban J connectivity index is 1.54. The van der Waals surface area contributed by atoms with Gasteiger partial charge in [-0.2, -0.15) is 5.10 Å². The van der Waals surface area contributed by atoms with Crippen LogP contribution < -0.4 is 20.3 Å². The number of rotatable bonds is 4. The number of hydrogen-bond donors (Lipinski definition) is 1. The van der Waals surface area contributed by atoms with Crippen molar-refractivity contribution in [2.45, 2.75) is 19.6 Å². The van der Waals surface area contributed by atoms with Gasteiger partial charge in [-0.05, 0) is 25.1 Å². The van der Waals surface area contributed by atoms with E-state index in [9.17, 15) is 9.59 Å². The van der Waals surface area contributed by atoms with E-state index >= 15 is 0 Å². The average molecular weight is 315 g/mol. The Kier molecular flexibility index (Phi) is 4.27. The van der Waals surface area contributed by atoms with Gasteiger partial charge in [0.15, 0.2) is 11.5 Å². The summed E-state index contributed by atoms with van der Waals surface area (Å²) in [5.74, 6) is 0.905. The van der Waals surface area contributed by atoms with Gasteiger partial charge >= 0.3 is 0 Å². The van der Waals surface area contributed by atoms with Crippen molar-refractivity contribution in [2.24, 2.45) is 0 Å². The Morgan fingerprint density at radius 1 is 1.30 bits per heavy atom. The topological polar surface area (TPSA) is 82.5 Å². The van der Waals surface area contributed by atoms with Crippen molar-refractivity contribution in [3.8, 4) is 11.5 Å². The van der Waals surface area contributed by atoms with Gasteiger partial charge in [0.25, 0.3) is 11.5 Å². The number of aryl methyl sites for hydroxylation is 1. The summed E-state index contributed by atoms with van der Waals surface area (Å²) < 4.78 is 12.4. The molecule has 7 heteroatoms. The number of aromatic nitrogens is 2. The first-order valence-corrected chi connectivity index (χ1v) is 7.34. The van der Waals surface area contributed by atoms with Gasteiger partial charge < -0.3 is 14.8 Å². The fourth-order valence-electron chi connectivity index (χ4n) is 2.26. The van der Waals surface area contributed by atoms with E-state index in [1.54, 1.807) is 25.1 Å². The molecule has 7 nitrogen and oxygen atoms in total. The molecular formula is C16H17N3O4. The normalized spacial score (nSPS) is 16.0. The number of carbonyl (C=O) groups is 1. The lowest BCUT2D eigenvalue weighted by atomic mass is 10.2. The van der Waals surface area contributed by atoms with Crippen LogP contribution in [0, 0.1) is 6.92 Å². The summed E-state index contributed by atoms with van der Waals surface area (Å²) >= 11 is 0. The number of carbonyl (C=O) groups excluding carboxylic acids is 1. The highest BCUT2D eigenvalue weighted by Gasteiger charge is 2.26. The van der Waals surface area contributed by atoms with E-state index in [0.29, 0.717) is 18.0 Å². The maximum Gasteiger partial charge on any atom is 0.266 e. The first-order valence-electron chi connectivity index (χ1n) is 7.34. The molecule has 1 aromatic heterocycles. The summed E-state index contributed by atoms with van der Waals surface area (Å²) in [7, 11) is 0. The van der Waals surface area contributed by atoms with Crippen LogP contribution in [0.1, 0.15) is 5.69 Å². The second-order valence-electron chi connectivity index (χ2n) is 5.19. The van der Waals surface area contributed by atoms with Crippen molar-refractivity contribution in [1.29, 1.82) is 0 Å². The molecule has 120 valence electrons. The minimum absolute atomic E-state index is 0.158. The van der Waals surface area contributed by atoms with E-state index in [1.807, 2.05) is 12.1 Å². The molecule has 0 aliphatic carbocycles. The van der Waals surface area contributed by atoms with E-state index in [4.69, 9.17) is 9.47 Å². The van der Waals surface area contributed by atoms with Gasteiger partial charge in [0.1, 0.15) is 6.61 Å². The molecule has 0 saturated carbocycles. The van der Waals surface area contributed by atoms with Gasteiger partial charge in [-0.25, -0.2) is 4.68 Å². The molecule has 1 aliphatic rings. The van der Waals surface area contributed by atoms with Crippen molar-refractivity contribution in [2.75, 3.05) is 13.2 Å². The molecular weight excluding hydrogens is 298 g/mol. The van der Waals surface area contributed by atoms with Crippen LogP contribution >= 0.6 is 0 Å². The average Bonchev–Trinajstić information content (AvgIpc) is 2.57. The molecule has 1 aliphatic heterocycles. The molecule has 1 amide bonds. The molecule has 0 radical (unpaired) electrons. The number of nitrogens with zero attached hydrogens (tertiary/aromatic N) is 2. The second-order valence-corrected chi connectivity index (χ2v) is 5.19. The molecule has 3 rings (SSSR count). The van der Waals surface area contributed by atoms with Gasteiger partial charge in [0.2, 0.25) is 6.10 Å². The quantitative estimate of drug-likeness (QED) is 0.889. The van der Waals surface area contributed by atoms with Gasteiger partial charge in [-0.3, -0.25) is 9.59 Å². The Bertz CT molecular complexity index is 772. The monoisotopic (exact) mass is 315 g/mol. The van der Waals surface area contributed by atoms with Crippen LogP contribution in [0.3, 0.4) is 0 Å². The highest BCUT2D eigenvalue weighted by Crippen LogP contribution is 2.30. The second kappa shape index (κ2) is 6.51. The third-order valence-electron chi connectivity index (χ3n) is 3.42. The van der Waals surface area contributed by atoms with E-state index in [2.05, 4.69) is 10.4 Å². The largest absolute Gasteiger partial charge is 0.485 e. The molecule has 1 unspecified atom stereocenters. The Labute approximate surface area is 132 Å². The molecule has 0 spiro atoms. The van der Waals surface area contributed by atoms with Crippen molar-refractivity contribution in [1.82, 2.24) is 15.1 Å². The summed E-state index contributed by atoms with van der Waals surface area (Å²) in [6, 6.07) is 10.3. The van der Waals surface area contributed by atoms with E-state index < -0.39 is 6.10 Å². The number of benzene rings is 1. The summed E-state index contributed by atoms with van der Waals surface area (Å²) in [6.07, 6.45) is -0.702. The SMILES string of the molecule is Cc1ccc(=O)n(CCNC(=O)C2COc3ccccc3O2)n1. The van der Waals surface area contributed by atoms with Crippen molar-refractivity contribution in [3.63, 3.8) is 0 Å². The minimum atomic E-state index is -0.702. The highest BCUT2D eigenvalue weighted by molar-refractivity contribution is 5.81. The fourth-order valence-corrected chi connectivity index (χ4v) is 2.26. The van der Waals surface area contributed by atoms with E-state index in [1.165, 1.54) is 10.7 Å². The predicted octanol–water partition coefficient (Wildman–Crippen LogP) is 0.508. The summed E-state index contributed by atoms with van der Waals surface area (Å²) in [5.41, 5.74) is 0.549. The molecule has 0 saturated heterocycles. The lowest BCUT2D eigenvalue weighted by molar-refractivity contribution is -0.130. The molecule has 2 aromatic rings. The zero-order valence-electron chi connectivity index (χ0n) is 12.7. The number of fused-ring (bicyclic) bond motifs is 1. The highest BCUT2D eigenvalue weighted by atomic mass is 16.6. The first-order chi connectivity index (χ1) is 11.1. The molecule has 0 bridgehead atoms. The Hall–Kier alpha value is -2.83. The fraction of sp³-hybridized carbons (Fsp3) is 0.312. The summed E-state index contributed by atoms with van der Waals surface area (Å²) in [6.45, 7) is 2.55. The zero-order valence-corrected chi connectivity index (χ0v) is 12.7. The van der Waals surface area contributed by atoms with Gasteiger partial charge in [0.05, 0.1) is 12.2 Å². The maximum atomic E-state index is 12.1. The van der Waals surface area contributed by atoms with Gasteiger partial charge in [-0.15, -0.1) is 0 Å². The zero-order chi connectivity index (χ0) is 16.2. The molecule has 0 fully saturated rings. The van der Waals surface area contributed by atoms with E-state index in [-0.39, 0.29) is 24.6 Å². The van der Waals surface area contributed by atoms with Crippen LogP contribution in [0.5, 0.6) is 11.5 Å². The Morgan fingerprint density at radius 3 is 2.91 bits per heavy atom. The lowest BCUT2D eigenvalue weighted by Gasteiger charge is -2.25. The maximum absolute atomic E-state index is 12.1. The van der Waals surface area contributed by atoms with Crippen LogP contribution in [0.2, 0.25) is 0 Å². The number of hydrogen-bond acceptors (Lipinski definition) is 5. The van der Waals surface area contributed by atoms with Crippen molar-refractivity contribution in [3.05, 3.63) is 52.4 Å². The summed E-state index contributed by atoms with van der Waals surface area (Å²) in [4.78, 5) is 23.8. The van der Waals surface area contributed by atoms with E-state index in [0.717, 1.165) is 5.69 Å². The van der Waals surface area contributed by atoms with Crippen molar-refractivity contribution >= 4 is 5.91 Å². The van der Waals surface area contributed by atoms with Gasteiger partial charge in [0, 0.05) is 12.6 Å². The minimum Gasteiger partial charge on any atom is -0.485 e. The number of nitrogens with one attached hydrogen (secondary N) is 1. The molecule has 23 heavy (non-hydrogen) atoms. The van der Waals surface area contributed by atoms with Crippen LogP contribution in [-0.2, 0) is 11.3 Å². The smallest absolute Gasteiger partial charge is 0.266 e. The third kappa shape index (κ3) is 3.50. The number of ether oxygens (including phenoxy) is 2. The van der Waals surface area contributed by atoms with Crippen LogP contribution in [0.4, 0.5) is 0 Å². The van der Waals surface area contributed by atoms with Crippen LogP contribution in [0.15, 0.2) is 41.2 Å². The number of amides is 1. The number of para-hydroxylation sites is 2.